The maximum atomic E-state index is 13.4. The Kier molecular flexibility index (Phi) is 4.01. The number of rotatable bonds is 4. The lowest BCUT2D eigenvalue weighted by Gasteiger charge is -2.33. The van der Waals surface area contributed by atoms with Crippen LogP contribution in [0, 0.1) is 21.3 Å². The lowest BCUT2D eigenvalue weighted by molar-refractivity contribution is -0.385. The summed E-state index contributed by atoms with van der Waals surface area (Å²) in [6.45, 7) is 0. The first-order valence-corrected chi connectivity index (χ1v) is 6.60. The number of carboxylic acid groups (broad SMARTS) is 1. The molecule has 6 heteroatoms. The maximum absolute atomic E-state index is 13.4. The molecule has 0 aliphatic heterocycles. The number of non-ortho nitro benzene ring substituents is 1. The molecule has 0 radical (unpaired) electrons. The van der Waals surface area contributed by atoms with E-state index in [1.807, 2.05) is 0 Å². The molecule has 2 rings (SSSR count). The Labute approximate surface area is 115 Å². The van der Waals surface area contributed by atoms with E-state index < -0.39 is 22.1 Å². The average Bonchev–Trinajstić information content (AvgIpc) is 2.38. The fourth-order valence-corrected chi connectivity index (χ4v) is 2.93. The number of benzene rings is 1. The summed E-state index contributed by atoms with van der Waals surface area (Å²) in [5.74, 6) is -1.60. The molecule has 0 bridgehead atoms. The third kappa shape index (κ3) is 2.95. The maximum Gasteiger partial charge on any atom is 0.309 e. The van der Waals surface area contributed by atoms with Crippen LogP contribution < -0.4 is 0 Å². The van der Waals surface area contributed by atoms with Crippen molar-refractivity contribution in [2.24, 2.45) is 5.41 Å². The van der Waals surface area contributed by atoms with E-state index in [0.29, 0.717) is 18.4 Å². The molecule has 108 valence electrons. The molecule has 0 heterocycles. The van der Waals surface area contributed by atoms with Crippen molar-refractivity contribution in [3.63, 3.8) is 0 Å². The van der Waals surface area contributed by atoms with Crippen molar-refractivity contribution in [1.29, 1.82) is 0 Å². The Morgan fingerprint density at radius 3 is 2.50 bits per heavy atom. The predicted octanol–water partition coefficient (Wildman–Crippen LogP) is 3.31. The van der Waals surface area contributed by atoms with Gasteiger partial charge < -0.3 is 5.11 Å². The molecule has 0 spiro atoms. The summed E-state index contributed by atoms with van der Waals surface area (Å²) in [5, 5.41) is 20.2. The van der Waals surface area contributed by atoms with E-state index in [0.717, 1.165) is 25.3 Å². The fraction of sp³-hybridized carbons (Fsp3) is 0.500. The van der Waals surface area contributed by atoms with E-state index in [-0.39, 0.29) is 12.1 Å². The summed E-state index contributed by atoms with van der Waals surface area (Å²) >= 11 is 0. The Bertz CT molecular complexity index is 538. The van der Waals surface area contributed by atoms with Gasteiger partial charge in [-0.05, 0) is 30.9 Å². The number of nitro groups is 1. The number of nitro benzene ring substituents is 1. The number of carbonyl (C=O) groups is 1. The summed E-state index contributed by atoms with van der Waals surface area (Å²) in [6.07, 6.45) is 3.85. The zero-order chi connectivity index (χ0) is 14.8. The van der Waals surface area contributed by atoms with Crippen molar-refractivity contribution in [2.45, 2.75) is 38.5 Å². The van der Waals surface area contributed by atoms with E-state index in [1.54, 1.807) is 0 Å². The molecule has 0 unspecified atom stereocenters. The number of hydrogen-bond acceptors (Lipinski definition) is 3. The van der Waals surface area contributed by atoms with Gasteiger partial charge in [0.1, 0.15) is 5.82 Å². The lowest BCUT2D eigenvalue weighted by Crippen LogP contribution is -2.35. The molecule has 1 saturated carbocycles. The second kappa shape index (κ2) is 5.56. The van der Waals surface area contributed by atoms with Crippen LogP contribution in [0.3, 0.4) is 0 Å². The highest BCUT2D eigenvalue weighted by Crippen LogP contribution is 2.40. The third-order valence-corrected chi connectivity index (χ3v) is 3.96. The van der Waals surface area contributed by atoms with Crippen molar-refractivity contribution in [3.05, 3.63) is 39.7 Å². The standard InChI is InChI=1S/C14H16FNO4/c15-11-6-10(7-12(8-11)16(19)20)9-14(13(17)18)4-2-1-3-5-14/h6-8H,1-5,9H2,(H,17,18). The molecule has 1 aromatic carbocycles. The molecule has 1 aliphatic rings. The van der Waals surface area contributed by atoms with Gasteiger partial charge in [0.25, 0.3) is 5.69 Å². The number of halogens is 1. The molecule has 0 saturated heterocycles. The van der Waals surface area contributed by atoms with Crippen LogP contribution in [0.15, 0.2) is 18.2 Å². The van der Waals surface area contributed by atoms with Crippen molar-refractivity contribution in [3.8, 4) is 0 Å². The van der Waals surface area contributed by atoms with Crippen LogP contribution in [0.2, 0.25) is 0 Å². The van der Waals surface area contributed by atoms with Crippen LogP contribution in [0.4, 0.5) is 10.1 Å². The van der Waals surface area contributed by atoms with Crippen molar-refractivity contribution in [2.75, 3.05) is 0 Å². The Hall–Kier alpha value is -1.98. The summed E-state index contributed by atoms with van der Waals surface area (Å²) < 4.78 is 13.4. The molecule has 1 aliphatic carbocycles. The second-order valence-corrected chi connectivity index (χ2v) is 5.40. The third-order valence-electron chi connectivity index (χ3n) is 3.96. The molecular formula is C14H16FNO4. The Morgan fingerprint density at radius 1 is 1.30 bits per heavy atom. The van der Waals surface area contributed by atoms with Crippen LogP contribution in [-0.4, -0.2) is 16.0 Å². The minimum atomic E-state index is -0.917. The highest BCUT2D eigenvalue weighted by Gasteiger charge is 2.39. The molecule has 0 amide bonds. The smallest absolute Gasteiger partial charge is 0.309 e. The molecule has 20 heavy (non-hydrogen) atoms. The summed E-state index contributed by atoms with van der Waals surface area (Å²) in [4.78, 5) is 21.6. The number of aliphatic carboxylic acids is 1. The van der Waals surface area contributed by atoms with Crippen molar-refractivity contribution < 1.29 is 19.2 Å². The average molecular weight is 281 g/mol. The fourth-order valence-electron chi connectivity index (χ4n) is 2.93. The van der Waals surface area contributed by atoms with Gasteiger partial charge in [-0.2, -0.15) is 0 Å². The quantitative estimate of drug-likeness (QED) is 0.678. The summed E-state index contributed by atoms with van der Waals surface area (Å²) in [6, 6.07) is 3.30. The number of nitrogens with zero attached hydrogens (tertiary/aromatic N) is 1. The lowest BCUT2D eigenvalue weighted by atomic mass is 9.70. The monoisotopic (exact) mass is 281 g/mol. The zero-order valence-corrected chi connectivity index (χ0v) is 11.0. The largest absolute Gasteiger partial charge is 0.481 e. The highest BCUT2D eigenvalue weighted by atomic mass is 19.1. The van der Waals surface area contributed by atoms with E-state index in [2.05, 4.69) is 0 Å². The van der Waals surface area contributed by atoms with Crippen LogP contribution >= 0.6 is 0 Å². The minimum Gasteiger partial charge on any atom is -0.481 e. The van der Waals surface area contributed by atoms with Gasteiger partial charge in [0.2, 0.25) is 0 Å². The van der Waals surface area contributed by atoms with Gasteiger partial charge in [-0.15, -0.1) is 0 Å². The van der Waals surface area contributed by atoms with E-state index in [9.17, 15) is 24.4 Å². The van der Waals surface area contributed by atoms with Gasteiger partial charge in [0.15, 0.2) is 0 Å². The zero-order valence-electron chi connectivity index (χ0n) is 11.0. The van der Waals surface area contributed by atoms with E-state index >= 15 is 0 Å². The molecule has 1 N–H and O–H groups in total. The Morgan fingerprint density at radius 2 is 1.95 bits per heavy atom. The molecule has 1 aromatic rings. The van der Waals surface area contributed by atoms with Crippen molar-refractivity contribution >= 4 is 11.7 Å². The number of carboxylic acids is 1. The van der Waals surface area contributed by atoms with E-state index in [1.165, 1.54) is 12.1 Å². The van der Waals surface area contributed by atoms with Gasteiger partial charge >= 0.3 is 5.97 Å². The predicted molar refractivity (Wildman–Crippen MR) is 69.9 cm³/mol. The van der Waals surface area contributed by atoms with Crippen LogP contribution in [0.25, 0.3) is 0 Å². The van der Waals surface area contributed by atoms with Crippen LogP contribution in [0.5, 0.6) is 0 Å². The topological polar surface area (TPSA) is 80.4 Å². The van der Waals surface area contributed by atoms with Gasteiger partial charge in [0.05, 0.1) is 16.4 Å². The summed E-state index contributed by atoms with van der Waals surface area (Å²) in [7, 11) is 0. The molecule has 0 aromatic heterocycles. The van der Waals surface area contributed by atoms with Crippen LogP contribution in [-0.2, 0) is 11.2 Å². The highest BCUT2D eigenvalue weighted by molar-refractivity contribution is 5.75. The van der Waals surface area contributed by atoms with Crippen LogP contribution in [0.1, 0.15) is 37.7 Å². The van der Waals surface area contributed by atoms with E-state index in [4.69, 9.17) is 0 Å². The Balaban J connectivity index is 2.31. The molecule has 1 fully saturated rings. The first-order valence-electron chi connectivity index (χ1n) is 6.60. The van der Waals surface area contributed by atoms with Gasteiger partial charge in [-0.3, -0.25) is 14.9 Å². The van der Waals surface area contributed by atoms with Gasteiger partial charge in [0, 0.05) is 6.07 Å². The van der Waals surface area contributed by atoms with Gasteiger partial charge in [-0.25, -0.2) is 4.39 Å². The van der Waals surface area contributed by atoms with Crippen molar-refractivity contribution in [1.82, 2.24) is 0 Å². The minimum absolute atomic E-state index is 0.140. The molecule has 0 atom stereocenters. The number of hydrogen-bond donors (Lipinski definition) is 1. The first kappa shape index (κ1) is 14.4. The van der Waals surface area contributed by atoms with Gasteiger partial charge in [-0.1, -0.05) is 19.3 Å². The normalized spacial score (nSPS) is 17.6. The summed E-state index contributed by atoms with van der Waals surface area (Å²) in [5.41, 5.74) is -0.878. The molecular weight excluding hydrogens is 265 g/mol. The second-order valence-electron chi connectivity index (χ2n) is 5.40. The molecule has 5 nitrogen and oxygen atoms in total. The first-order chi connectivity index (χ1) is 9.43. The SMILES string of the molecule is O=C(O)C1(Cc2cc(F)cc([N+](=O)[O-])c2)CCCCC1.